The number of benzene rings is 2. The number of carbonyl (C=O) groups is 1. The standard InChI is InChI=1S/C18H18ClNO3/c1-12(19)18(21)20-11-16-10-13-9-15(7-8-17(13)23-16)22-14-5-3-2-4-6-14/h2-9,12,16H,10-11H2,1H3,(H,20,21)/t12-,16-/m0/s1. The van der Waals surface area contributed by atoms with E-state index < -0.39 is 5.38 Å². The lowest BCUT2D eigenvalue weighted by atomic mass is 10.1. The summed E-state index contributed by atoms with van der Waals surface area (Å²) in [6.07, 6.45) is 0.662. The van der Waals surface area contributed by atoms with Gasteiger partial charge >= 0.3 is 0 Å². The van der Waals surface area contributed by atoms with Crippen LogP contribution in [-0.2, 0) is 11.2 Å². The molecule has 0 aromatic heterocycles. The zero-order valence-electron chi connectivity index (χ0n) is 12.8. The number of amides is 1. The zero-order chi connectivity index (χ0) is 16.2. The minimum absolute atomic E-state index is 0.0728. The van der Waals surface area contributed by atoms with Gasteiger partial charge in [-0.25, -0.2) is 0 Å². The minimum Gasteiger partial charge on any atom is -0.488 e. The van der Waals surface area contributed by atoms with Gasteiger partial charge in [-0.05, 0) is 37.3 Å². The lowest BCUT2D eigenvalue weighted by Crippen LogP contribution is -2.37. The Morgan fingerprint density at radius 3 is 2.83 bits per heavy atom. The Bertz CT molecular complexity index is 688. The summed E-state index contributed by atoms with van der Waals surface area (Å²) in [5.74, 6) is 2.23. The van der Waals surface area contributed by atoms with E-state index in [9.17, 15) is 4.79 Å². The first-order valence-corrected chi connectivity index (χ1v) is 8.00. The van der Waals surface area contributed by atoms with Crippen molar-refractivity contribution in [3.8, 4) is 17.2 Å². The third kappa shape index (κ3) is 3.96. The van der Waals surface area contributed by atoms with Crippen molar-refractivity contribution in [3.05, 3.63) is 54.1 Å². The fourth-order valence-corrected chi connectivity index (χ4v) is 2.53. The van der Waals surface area contributed by atoms with Crippen molar-refractivity contribution < 1.29 is 14.3 Å². The molecular weight excluding hydrogens is 314 g/mol. The van der Waals surface area contributed by atoms with Gasteiger partial charge in [0.1, 0.15) is 28.7 Å². The third-order valence-electron chi connectivity index (χ3n) is 3.62. The number of para-hydroxylation sites is 1. The van der Waals surface area contributed by atoms with E-state index >= 15 is 0 Å². The van der Waals surface area contributed by atoms with Gasteiger partial charge in [0.05, 0.1) is 6.54 Å². The highest BCUT2D eigenvalue weighted by Gasteiger charge is 2.24. The molecule has 0 saturated heterocycles. The first-order chi connectivity index (χ1) is 11.1. The molecule has 4 nitrogen and oxygen atoms in total. The van der Waals surface area contributed by atoms with E-state index in [0.717, 1.165) is 29.2 Å². The summed E-state index contributed by atoms with van der Waals surface area (Å²) in [5, 5.41) is 2.25. The average molecular weight is 332 g/mol. The molecule has 23 heavy (non-hydrogen) atoms. The maximum atomic E-state index is 11.5. The molecule has 0 radical (unpaired) electrons. The molecule has 0 spiro atoms. The number of carbonyl (C=O) groups excluding carboxylic acids is 1. The normalized spacial score (nSPS) is 17.0. The van der Waals surface area contributed by atoms with E-state index in [4.69, 9.17) is 21.1 Å². The maximum Gasteiger partial charge on any atom is 0.237 e. The van der Waals surface area contributed by atoms with Crippen LogP contribution in [0.25, 0.3) is 0 Å². The van der Waals surface area contributed by atoms with Gasteiger partial charge in [-0.3, -0.25) is 4.79 Å². The molecule has 1 aliphatic heterocycles. The molecule has 2 aromatic rings. The maximum absolute atomic E-state index is 11.5. The van der Waals surface area contributed by atoms with Crippen molar-refractivity contribution in [2.45, 2.75) is 24.8 Å². The molecule has 1 aliphatic rings. The Morgan fingerprint density at radius 2 is 2.09 bits per heavy atom. The Hall–Kier alpha value is -2.20. The number of hydrogen-bond donors (Lipinski definition) is 1. The van der Waals surface area contributed by atoms with Gasteiger partial charge in [0.2, 0.25) is 5.91 Å². The minimum atomic E-state index is -0.537. The second kappa shape index (κ2) is 6.92. The number of hydrogen-bond acceptors (Lipinski definition) is 3. The highest BCUT2D eigenvalue weighted by molar-refractivity contribution is 6.30. The van der Waals surface area contributed by atoms with Gasteiger partial charge in [-0.15, -0.1) is 11.6 Å². The highest BCUT2D eigenvalue weighted by atomic mass is 35.5. The smallest absolute Gasteiger partial charge is 0.237 e. The molecule has 1 amide bonds. The van der Waals surface area contributed by atoms with E-state index in [-0.39, 0.29) is 12.0 Å². The number of alkyl halides is 1. The largest absolute Gasteiger partial charge is 0.488 e. The molecule has 0 unspecified atom stereocenters. The van der Waals surface area contributed by atoms with Gasteiger partial charge < -0.3 is 14.8 Å². The van der Waals surface area contributed by atoms with Crippen LogP contribution in [0.4, 0.5) is 0 Å². The van der Waals surface area contributed by atoms with Gasteiger partial charge in [-0.1, -0.05) is 18.2 Å². The Balaban J connectivity index is 1.61. The van der Waals surface area contributed by atoms with Crippen molar-refractivity contribution >= 4 is 17.5 Å². The summed E-state index contributed by atoms with van der Waals surface area (Å²) in [4.78, 5) is 11.5. The number of nitrogens with one attached hydrogen (secondary N) is 1. The summed E-state index contributed by atoms with van der Waals surface area (Å²) in [6, 6.07) is 15.4. The fourth-order valence-electron chi connectivity index (χ4n) is 2.45. The number of ether oxygens (including phenoxy) is 2. The van der Waals surface area contributed by atoms with Crippen LogP contribution < -0.4 is 14.8 Å². The fraction of sp³-hybridized carbons (Fsp3) is 0.278. The summed E-state index contributed by atoms with van der Waals surface area (Å²) in [7, 11) is 0. The predicted octanol–water partition coefficient (Wildman–Crippen LogP) is 3.53. The number of fused-ring (bicyclic) bond motifs is 1. The highest BCUT2D eigenvalue weighted by Crippen LogP contribution is 2.33. The van der Waals surface area contributed by atoms with Crippen LogP contribution in [0.15, 0.2) is 48.5 Å². The first-order valence-electron chi connectivity index (χ1n) is 7.56. The Morgan fingerprint density at radius 1 is 1.30 bits per heavy atom. The van der Waals surface area contributed by atoms with Crippen molar-refractivity contribution in [1.82, 2.24) is 5.32 Å². The molecule has 0 aliphatic carbocycles. The molecular formula is C18H18ClNO3. The van der Waals surface area contributed by atoms with Crippen LogP contribution in [0.2, 0.25) is 0 Å². The molecule has 5 heteroatoms. The van der Waals surface area contributed by atoms with Gasteiger partial charge in [0.25, 0.3) is 0 Å². The topological polar surface area (TPSA) is 47.6 Å². The SMILES string of the molecule is C[C@H](Cl)C(=O)NC[C@@H]1Cc2cc(Oc3ccccc3)ccc2O1. The van der Waals surface area contributed by atoms with E-state index in [1.54, 1.807) is 6.92 Å². The Labute approximate surface area is 140 Å². The van der Waals surface area contributed by atoms with Crippen LogP contribution in [0.5, 0.6) is 17.2 Å². The predicted molar refractivity (Wildman–Crippen MR) is 89.4 cm³/mol. The molecule has 120 valence electrons. The van der Waals surface area contributed by atoms with Crippen molar-refractivity contribution in [2.75, 3.05) is 6.54 Å². The van der Waals surface area contributed by atoms with Crippen LogP contribution >= 0.6 is 11.6 Å². The molecule has 2 aromatic carbocycles. The molecule has 0 fully saturated rings. The zero-order valence-corrected chi connectivity index (χ0v) is 13.5. The Kier molecular flexibility index (Phi) is 4.72. The average Bonchev–Trinajstić information content (AvgIpc) is 2.95. The summed E-state index contributed by atoms with van der Waals surface area (Å²) >= 11 is 5.73. The molecule has 1 heterocycles. The second-order valence-corrected chi connectivity index (χ2v) is 6.14. The quantitative estimate of drug-likeness (QED) is 0.853. The number of halogens is 1. The van der Waals surface area contributed by atoms with Crippen LogP contribution in [-0.4, -0.2) is 23.9 Å². The molecule has 3 rings (SSSR count). The lowest BCUT2D eigenvalue weighted by Gasteiger charge is -2.12. The summed E-state index contributed by atoms with van der Waals surface area (Å²) in [5.41, 5.74) is 1.08. The number of rotatable bonds is 5. The molecule has 1 N–H and O–H groups in total. The van der Waals surface area contributed by atoms with Crippen molar-refractivity contribution in [2.24, 2.45) is 0 Å². The van der Waals surface area contributed by atoms with Gasteiger partial charge in [0.15, 0.2) is 0 Å². The molecule has 2 atom stereocenters. The lowest BCUT2D eigenvalue weighted by molar-refractivity contribution is -0.120. The monoisotopic (exact) mass is 331 g/mol. The van der Waals surface area contributed by atoms with Crippen molar-refractivity contribution in [1.29, 1.82) is 0 Å². The molecule has 0 saturated carbocycles. The second-order valence-electron chi connectivity index (χ2n) is 5.49. The van der Waals surface area contributed by atoms with Crippen molar-refractivity contribution in [3.63, 3.8) is 0 Å². The van der Waals surface area contributed by atoms with E-state index in [0.29, 0.717) is 6.54 Å². The summed E-state index contributed by atoms with van der Waals surface area (Å²) in [6.45, 7) is 2.09. The van der Waals surface area contributed by atoms with E-state index in [1.807, 2.05) is 48.5 Å². The van der Waals surface area contributed by atoms with E-state index in [2.05, 4.69) is 5.32 Å². The van der Waals surface area contributed by atoms with Crippen LogP contribution in [0, 0.1) is 0 Å². The van der Waals surface area contributed by atoms with Crippen LogP contribution in [0.1, 0.15) is 12.5 Å². The first kappa shape index (κ1) is 15.7. The molecule has 0 bridgehead atoms. The van der Waals surface area contributed by atoms with Gasteiger partial charge in [-0.2, -0.15) is 0 Å². The van der Waals surface area contributed by atoms with Crippen LogP contribution in [0.3, 0.4) is 0 Å². The van der Waals surface area contributed by atoms with Gasteiger partial charge in [0, 0.05) is 12.0 Å². The third-order valence-corrected chi connectivity index (χ3v) is 3.82. The summed E-state index contributed by atoms with van der Waals surface area (Å²) < 4.78 is 11.7. The van der Waals surface area contributed by atoms with E-state index in [1.165, 1.54) is 0 Å².